The monoisotopic (exact) mass is 515 g/mol. The van der Waals surface area contributed by atoms with Gasteiger partial charge in [0.1, 0.15) is 0 Å². The molecule has 0 aliphatic rings. The molecule has 18 heavy (non-hydrogen) atoms. The third-order valence-corrected chi connectivity index (χ3v) is 0. The molecule has 105 valence electrons. The predicted molar refractivity (Wildman–Crippen MR) is 47.2 cm³/mol. The van der Waals surface area contributed by atoms with E-state index in [1.54, 1.807) is 0 Å². The normalized spacial score (nSPS) is 5.33. The molecule has 0 aromatic heterocycles. The zero-order valence-electron chi connectivity index (χ0n) is 7.52. The Bertz CT molecular complexity index is 164. The van der Waals surface area contributed by atoms with Gasteiger partial charge in [0, 0.05) is 0 Å². The summed E-state index contributed by atoms with van der Waals surface area (Å²) in [6, 6.07) is 0. The Morgan fingerprint density at radius 2 is 0.444 bits per heavy atom. The maximum Gasteiger partial charge on any atom is 2.00 e. The summed E-state index contributed by atoms with van der Waals surface area (Å²) in [6.07, 6.45) is 0. The average molecular weight is 514 g/mol. The van der Waals surface area contributed by atoms with Crippen molar-refractivity contribution in [3.63, 3.8) is 0 Å². The van der Waals surface area contributed by atoms with E-state index >= 15 is 0 Å². The van der Waals surface area contributed by atoms with Gasteiger partial charge in [-0.15, -0.1) is 0 Å². The molecule has 0 aromatic rings. The number of rotatable bonds is 0. The molecular formula is CoN4O12Pb. The first-order chi connectivity index (χ1) is 6.93. The van der Waals surface area contributed by atoms with Gasteiger partial charge in [0.25, 0.3) is 0 Å². The maximum atomic E-state index is 8.25. The Morgan fingerprint density at radius 1 is 0.444 bits per heavy atom. The summed E-state index contributed by atoms with van der Waals surface area (Å²) in [6.45, 7) is 0. The topological polar surface area (TPSA) is 265 Å². The molecule has 0 heterocycles. The van der Waals surface area contributed by atoms with Gasteiger partial charge in [0.15, 0.2) is 0 Å². The van der Waals surface area contributed by atoms with E-state index in [1.807, 2.05) is 0 Å². The second-order valence-corrected chi connectivity index (χ2v) is 0.894. The minimum atomic E-state index is -1.75. The fraction of sp³-hybridized carbons (Fsp3) is 0. The molecule has 0 aliphatic heterocycles. The van der Waals surface area contributed by atoms with E-state index in [2.05, 4.69) is 0 Å². The molecule has 0 saturated carbocycles. The van der Waals surface area contributed by atoms with Crippen molar-refractivity contribution in [2.45, 2.75) is 0 Å². The maximum absolute atomic E-state index is 8.25. The summed E-state index contributed by atoms with van der Waals surface area (Å²) in [5.74, 6) is 0. The Labute approximate surface area is 126 Å². The molecule has 3 radical (unpaired) electrons. The number of hydrogen-bond donors (Lipinski definition) is 0. The second-order valence-electron chi connectivity index (χ2n) is 0.894. The van der Waals surface area contributed by atoms with Gasteiger partial charge >= 0.3 is 44.1 Å². The first-order valence-electron chi connectivity index (χ1n) is 2.19. The summed E-state index contributed by atoms with van der Waals surface area (Å²) < 4.78 is 0. The molecule has 0 saturated heterocycles. The molecule has 0 N–H and O–H groups in total. The first kappa shape index (κ1) is 36.0. The zero-order chi connectivity index (χ0) is 14.3. The van der Waals surface area contributed by atoms with Crippen LogP contribution in [0.5, 0.6) is 0 Å². The van der Waals surface area contributed by atoms with Crippen molar-refractivity contribution in [2.24, 2.45) is 0 Å². The fourth-order valence-electron chi connectivity index (χ4n) is 0. The van der Waals surface area contributed by atoms with E-state index in [4.69, 9.17) is 61.3 Å². The van der Waals surface area contributed by atoms with Crippen LogP contribution < -0.4 is 0 Å². The van der Waals surface area contributed by atoms with Gasteiger partial charge < -0.3 is 61.3 Å². The molecule has 18 heteroatoms. The van der Waals surface area contributed by atoms with Crippen LogP contribution in [-0.4, -0.2) is 47.6 Å². The van der Waals surface area contributed by atoms with Crippen molar-refractivity contribution in [2.75, 3.05) is 0 Å². The van der Waals surface area contributed by atoms with Crippen molar-refractivity contribution < 1.29 is 37.1 Å². The van der Waals surface area contributed by atoms with Gasteiger partial charge in [-0.2, -0.15) is 0 Å². The molecule has 0 atom stereocenters. The van der Waals surface area contributed by atoms with Crippen molar-refractivity contribution in [1.29, 1.82) is 0 Å². The standard InChI is InChI=1S/Co.4NO3.Pb/c;4*2-1(3)4;/q+2;4*-1;+2. The number of hydrogen-bond acceptors (Lipinski definition) is 12. The summed E-state index contributed by atoms with van der Waals surface area (Å²) in [5.41, 5.74) is 0. The van der Waals surface area contributed by atoms with Crippen LogP contribution in [0.2, 0.25) is 0 Å². The van der Waals surface area contributed by atoms with Crippen LogP contribution >= 0.6 is 0 Å². The van der Waals surface area contributed by atoms with Crippen LogP contribution in [0.4, 0.5) is 0 Å². The second kappa shape index (κ2) is 29.5. The summed E-state index contributed by atoms with van der Waals surface area (Å²) in [7, 11) is 0. The average Bonchev–Trinajstić information content (AvgIpc) is 1.76. The molecular weight excluding hydrogens is 514 g/mol. The van der Waals surface area contributed by atoms with Crippen molar-refractivity contribution >= 4 is 27.3 Å². The van der Waals surface area contributed by atoms with E-state index in [0.717, 1.165) is 0 Å². The van der Waals surface area contributed by atoms with E-state index in [1.165, 1.54) is 0 Å². The van der Waals surface area contributed by atoms with Crippen LogP contribution in [0, 0.1) is 61.3 Å². The number of nitrogens with zero attached hydrogens (tertiary/aromatic N) is 4. The van der Waals surface area contributed by atoms with Gasteiger partial charge in [-0.1, -0.05) is 0 Å². The van der Waals surface area contributed by atoms with E-state index in [-0.39, 0.29) is 44.1 Å². The molecule has 0 aliphatic carbocycles. The molecule has 0 fully saturated rings. The molecule has 0 bridgehead atoms. The largest absolute Gasteiger partial charge is 2.00 e. The Hall–Kier alpha value is -1.77. The molecule has 0 rings (SSSR count). The smallest absolute Gasteiger partial charge is 0.356 e. The molecule has 0 spiro atoms. The van der Waals surface area contributed by atoms with E-state index in [9.17, 15) is 0 Å². The fourth-order valence-corrected chi connectivity index (χ4v) is 0. The predicted octanol–water partition coefficient (Wildman–Crippen LogP) is -1.34. The van der Waals surface area contributed by atoms with Gasteiger partial charge in [-0.05, 0) is 0 Å². The Morgan fingerprint density at radius 3 is 0.444 bits per heavy atom. The van der Waals surface area contributed by atoms with Crippen LogP contribution in [-0.2, 0) is 16.8 Å². The third kappa shape index (κ3) is 793. The van der Waals surface area contributed by atoms with Gasteiger partial charge in [-0.25, -0.2) is 0 Å². The summed E-state index contributed by atoms with van der Waals surface area (Å²) in [5, 5.41) is 59.0. The van der Waals surface area contributed by atoms with E-state index < -0.39 is 20.3 Å². The SMILES string of the molecule is O=[N+]([O-])[O-].O=[N+]([O-])[O-].O=[N+]([O-])[O-].O=[N+]([O-])[O-].[Co+2].[Pb+2]. The van der Waals surface area contributed by atoms with Crippen LogP contribution in [0.25, 0.3) is 0 Å². The van der Waals surface area contributed by atoms with Crippen molar-refractivity contribution in [3.8, 4) is 0 Å². The van der Waals surface area contributed by atoms with Gasteiger partial charge in [-0.3, -0.25) is 0 Å². The summed E-state index contributed by atoms with van der Waals surface area (Å²) in [4.78, 5) is 33.0. The first-order valence-corrected chi connectivity index (χ1v) is 2.19. The third-order valence-electron chi connectivity index (χ3n) is 0. The molecule has 0 aromatic carbocycles. The quantitative estimate of drug-likeness (QED) is 0.206. The van der Waals surface area contributed by atoms with E-state index in [0.29, 0.717) is 0 Å². The Kier molecular flexibility index (Phi) is 58.9. The molecule has 0 amide bonds. The van der Waals surface area contributed by atoms with Crippen LogP contribution in [0.15, 0.2) is 0 Å². The zero-order valence-corrected chi connectivity index (χ0v) is 12.4. The van der Waals surface area contributed by atoms with Crippen LogP contribution in [0.1, 0.15) is 0 Å². The van der Waals surface area contributed by atoms with Crippen molar-refractivity contribution in [3.05, 3.63) is 61.3 Å². The minimum absolute atomic E-state index is 0. The summed E-state index contributed by atoms with van der Waals surface area (Å²) >= 11 is 0. The minimum Gasteiger partial charge on any atom is -0.356 e. The van der Waals surface area contributed by atoms with Gasteiger partial charge in [0.2, 0.25) is 0 Å². The molecule has 0 unspecified atom stereocenters. The molecule has 16 nitrogen and oxygen atoms in total. The Balaban J connectivity index is -0.0000000257. The van der Waals surface area contributed by atoms with Crippen molar-refractivity contribution in [1.82, 2.24) is 0 Å². The van der Waals surface area contributed by atoms with Crippen LogP contribution in [0.3, 0.4) is 0 Å². The van der Waals surface area contributed by atoms with Gasteiger partial charge in [0.05, 0.1) is 20.3 Å².